The van der Waals surface area contributed by atoms with E-state index in [1.54, 1.807) is 7.11 Å². The van der Waals surface area contributed by atoms with Crippen LogP contribution in [0, 0.1) is 13.8 Å². The van der Waals surface area contributed by atoms with Crippen LogP contribution in [0.5, 0.6) is 5.75 Å². The summed E-state index contributed by atoms with van der Waals surface area (Å²) in [4.78, 5) is 4.99. The maximum absolute atomic E-state index is 5.84. The lowest BCUT2D eigenvalue weighted by molar-refractivity contribution is 0.0338. The highest BCUT2D eigenvalue weighted by Crippen LogP contribution is 2.39. The van der Waals surface area contributed by atoms with Crippen LogP contribution < -0.4 is 10.2 Å². The van der Waals surface area contributed by atoms with Gasteiger partial charge in [0.25, 0.3) is 0 Å². The third-order valence-electron chi connectivity index (χ3n) is 3.06. The van der Waals surface area contributed by atoms with E-state index in [9.17, 15) is 0 Å². The molecular formula is C12H17NO2. The summed E-state index contributed by atoms with van der Waals surface area (Å²) >= 11 is 0. The smallest absolute Gasteiger partial charge is 0.127 e. The molecule has 1 N–H and O–H groups in total. The van der Waals surface area contributed by atoms with Gasteiger partial charge in [0.2, 0.25) is 0 Å². The highest BCUT2D eigenvalue weighted by atomic mass is 16.6. The fraction of sp³-hybridized carbons (Fsp3) is 0.500. The summed E-state index contributed by atoms with van der Waals surface area (Å²) in [6, 6.07) is 4.36. The number of rotatable bonds is 2. The van der Waals surface area contributed by atoms with Gasteiger partial charge in [0.1, 0.15) is 11.9 Å². The Kier molecular flexibility index (Phi) is 2.67. The maximum atomic E-state index is 5.84. The molecule has 0 saturated carbocycles. The summed E-state index contributed by atoms with van der Waals surface area (Å²) in [6.45, 7) is 6.24. The fourth-order valence-electron chi connectivity index (χ4n) is 2.01. The molecule has 1 aliphatic heterocycles. The Morgan fingerprint density at radius 1 is 1.33 bits per heavy atom. The first kappa shape index (κ1) is 10.5. The molecule has 0 spiro atoms. The van der Waals surface area contributed by atoms with Crippen LogP contribution in [0.1, 0.15) is 29.7 Å². The lowest BCUT2D eigenvalue weighted by Crippen LogP contribution is -2.27. The van der Waals surface area contributed by atoms with E-state index in [1.807, 2.05) is 6.92 Å². The molecule has 1 aromatic carbocycles. The van der Waals surface area contributed by atoms with Crippen LogP contribution in [0.3, 0.4) is 0 Å². The largest absolute Gasteiger partial charge is 0.488 e. The van der Waals surface area contributed by atoms with E-state index < -0.39 is 0 Å². The van der Waals surface area contributed by atoms with Crippen LogP contribution in [-0.4, -0.2) is 13.2 Å². The Bertz CT molecular complexity index is 376. The van der Waals surface area contributed by atoms with E-state index in [-0.39, 0.29) is 12.1 Å². The van der Waals surface area contributed by atoms with Crippen LogP contribution in [0.25, 0.3) is 0 Å². The van der Waals surface area contributed by atoms with Crippen LogP contribution >= 0.6 is 0 Å². The third-order valence-corrected chi connectivity index (χ3v) is 3.06. The first-order chi connectivity index (χ1) is 7.15. The van der Waals surface area contributed by atoms with Gasteiger partial charge in [-0.15, -0.1) is 0 Å². The predicted octanol–water partition coefficient (Wildman–Crippen LogP) is 2.28. The van der Waals surface area contributed by atoms with E-state index in [2.05, 4.69) is 31.5 Å². The number of benzene rings is 1. The van der Waals surface area contributed by atoms with E-state index >= 15 is 0 Å². The minimum atomic E-state index is 0.112. The van der Waals surface area contributed by atoms with Gasteiger partial charge in [-0.05, 0) is 31.9 Å². The standard InChI is InChI=1S/C12H17NO2/c1-7-5-6-10-11(13-14-4)9(3)15-12(10)8(7)2/h5-6,9,11,13H,1-4H3. The zero-order chi connectivity index (χ0) is 11.0. The van der Waals surface area contributed by atoms with Crippen molar-refractivity contribution >= 4 is 0 Å². The SMILES string of the molecule is CONC1c2ccc(C)c(C)c2OC1C. The number of ether oxygens (including phenoxy) is 1. The Morgan fingerprint density at radius 3 is 2.73 bits per heavy atom. The molecule has 15 heavy (non-hydrogen) atoms. The summed E-state index contributed by atoms with van der Waals surface area (Å²) in [6.07, 6.45) is 0.112. The molecule has 0 saturated heterocycles. The lowest BCUT2D eigenvalue weighted by Gasteiger charge is -2.14. The van der Waals surface area contributed by atoms with E-state index in [0.29, 0.717) is 0 Å². The second-order valence-corrected chi connectivity index (χ2v) is 4.05. The molecule has 0 fully saturated rings. The van der Waals surface area contributed by atoms with Gasteiger partial charge in [-0.1, -0.05) is 12.1 Å². The van der Waals surface area contributed by atoms with Gasteiger partial charge < -0.3 is 9.57 Å². The second-order valence-electron chi connectivity index (χ2n) is 4.05. The zero-order valence-electron chi connectivity index (χ0n) is 9.63. The van der Waals surface area contributed by atoms with E-state index in [4.69, 9.17) is 9.57 Å². The highest BCUT2D eigenvalue weighted by Gasteiger charge is 2.32. The van der Waals surface area contributed by atoms with Crippen molar-refractivity contribution in [1.29, 1.82) is 0 Å². The lowest BCUT2D eigenvalue weighted by atomic mass is 10.00. The van der Waals surface area contributed by atoms with Gasteiger partial charge in [-0.3, -0.25) is 0 Å². The van der Waals surface area contributed by atoms with Crippen molar-refractivity contribution in [3.05, 3.63) is 28.8 Å². The van der Waals surface area contributed by atoms with Crippen molar-refractivity contribution in [2.45, 2.75) is 32.9 Å². The number of hydroxylamine groups is 1. The molecule has 3 nitrogen and oxygen atoms in total. The molecule has 82 valence electrons. The number of hydrogen-bond acceptors (Lipinski definition) is 3. The molecule has 0 aromatic heterocycles. The number of aryl methyl sites for hydroxylation is 1. The van der Waals surface area contributed by atoms with Gasteiger partial charge in [0.15, 0.2) is 0 Å². The number of nitrogens with one attached hydrogen (secondary N) is 1. The average molecular weight is 207 g/mol. The summed E-state index contributed by atoms with van der Waals surface area (Å²) in [5, 5.41) is 0. The van der Waals surface area contributed by atoms with Crippen molar-refractivity contribution in [3.63, 3.8) is 0 Å². The maximum Gasteiger partial charge on any atom is 0.127 e. The average Bonchev–Trinajstić information content (AvgIpc) is 2.52. The van der Waals surface area contributed by atoms with Crippen LogP contribution in [0.15, 0.2) is 12.1 Å². The molecular weight excluding hydrogens is 190 g/mol. The van der Waals surface area contributed by atoms with Crippen molar-refractivity contribution in [1.82, 2.24) is 5.48 Å². The number of fused-ring (bicyclic) bond motifs is 1. The molecule has 0 bridgehead atoms. The molecule has 0 aliphatic carbocycles. The van der Waals surface area contributed by atoms with Gasteiger partial charge in [-0.2, -0.15) is 5.48 Å². The van der Waals surface area contributed by atoms with Crippen LogP contribution in [0.4, 0.5) is 0 Å². The second kappa shape index (κ2) is 3.83. The Balaban J connectivity index is 2.42. The Labute approximate surface area is 90.3 Å². The Hall–Kier alpha value is -1.06. The molecule has 1 heterocycles. The van der Waals surface area contributed by atoms with Crippen molar-refractivity contribution in [2.75, 3.05) is 7.11 Å². The van der Waals surface area contributed by atoms with Crippen LogP contribution in [0.2, 0.25) is 0 Å². The molecule has 1 aliphatic rings. The zero-order valence-corrected chi connectivity index (χ0v) is 9.63. The molecule has 2 unspecified atom stereocenters. The van der Waals surface area contributed by atoms with Crippen molar-refractivity contribution < 1.29 is 9.57 Å². The normalized spacial score (nSPS) is 23.7. The molecule has 2 atom stereocenters. The van der Waals surface area contributed by atoms with E-state index in [0.717, 1.165) is 5.75 Å². The quantitative estimate of drug-likeness (QED) is 0.755. The first-order valence-electron chi connectivity index (χ1n) is 5.20. The van der Waals surface area contributed by atoms with Gasteiger partial charge in [-0.25, -0.2) is 0 Å². The first-order valence-corrected chi connectivity index (χ1v) is 5.20. The van der Waals surface area contributed by atoms with Crippen LogP contribution in [-0.2, 0) is 4.84 Å². The number of hydrogen-bond donors (Lipinski definition) is 1. The molecule has 3 heteroatoms. The van der Waals surface area contributed by atoms with Gasteiger partial charge in [0.05, 0.1) is 13.2 Å². The minimum Gasteiger partial charge on any atom is -0.488 e. The third kappa shape index (κ3) is 1.62. The van der Waals surface area contributed by atoms with E-state index in [1.165, 1.54) is 16.7 Å². The molecule has 2 rings (SSSR count). The Morgan fingerprint density at radius 2 is 2.07 bits per heavy atom. The topological polar surface area (TPSA) is 30.5 Å². The summed E-state index contributed by atoms with van der Waals surface area (Å²) in [7, 11) is 1.63. The predicted molar refractivity (Wildman–Crippen MR) is 58.9 cm³/mol. The highest BCUT2D eigenvalue weighted by molar-refractivity contribution is 5.49. The summed E-state index contributed by atoms with van der Waals surface area (Å²) in [5.74, 6) is 1.01. The molecule has 0 amide bonds. The van der Waals surface area contributed by atoms with Crippen molar-refractivity contribution in [2.24, 2.45) is 0 Å². The summed E-state index contributed by atoms with van der Waals surface area (Å²) < 4.78 is 5.84. The molecule has 0 radical (unpaired) electrons. The molecule has 1 aromatic rings. The minimum absolute atomic E-state index is 0.112. The van der Waals surface area contributed by atoms with Gasteiger partial charge in [0, 0.05) is 5.56 Å². The van der Waals surface area contributed by atoms with Gasteiger partial charge >= 0.3 is 0 Å². The fourth-order valence-corrected chi connectivity index (χ4v) is 2.01. The summed E-state index contributed by atoms with van der Waals surface area (Å²) in [5.41, 5.74) is 6.64. The monoisotopic (exact) mass is 207 g/mol. The van der Waals surface area contributed by atoms with Crippen molar-refractivity contribution in [3.8, 4) is 5.75 Å².